The minimum Gasteiger partial charge on any atom is -0.343 e. The van der Waals surface area contributed by atoms with Gasteiger partial charge in [0.05, 0.1) is 6.54 Å². The van der Waals surface area contributed by atoms with Crippen molar-refractivity contribution in [3.05, 3.63) is 0 Å². The van der Waals surface area contributed by atoms with E-state index in [0.717, 1.165) is 18.6 Å². The zero-order valence-corrected chi connectivity index (χ0v) is 15.4. The molecular weight excluding hydrogens is 288 g/mol. The molecule has 4 fully saturated rings. The lowest BCUT2D eigenvalue weighted by Gasteiger charge is -2.37. The number of likely N-dealkylation sites (N-methyl/N-ethyl adjacent to an activating group) is 2. The number of fused-ring (bicyclic) bond motifs is 2. The van der Waals surface area contributed by atoms with E-state index in [1.807, 2.05) is 11.9 Å². The van der Waals surface area contributed by atoms with Crippen molar-refractivity contribution in [3.8, 4) is 0 Å². The van der Waals surface area contributed by atoms with Crippen molar-refractivity contribution >= 4 is 5.91 Å². The molecule has 0 bridgehead atoms. The molecule has 1 amide bonds. The van der Waals surface area contributed by atoms with Gasteiger partial charge in [-0.05, 0) is 46.6 Å². The molecule has 5 nitrogen and oxygen atoms in total. The number of piperazine rings is 2. The number of carbonyl (C=O) groups is 1. The number of amides is 1. The van der Waals surface area contributed by atoms with Gasteiger partial charge in [-0.25, -0.2) is 0 Å². The zero-order chi connectivity index (χ0) is 16.6. The predicted molar refractivity (Wildman–Crippen MR) is 93.5 cm³/mol. The van der Waals surface area contributed by atoms with Gasteiger partial charge in [0.25, 0.3) is 0 Å². The summed E-state index contributed by atoms with van der Waals surface area (Å²) < 4.78 is 0. The second kappa shape index (κ2) is 7.08. The molecule has 0 radical (unpaired) electrons. The van der Waals surface area contributed by atoms with Crippen molar-refractivity contribution in [2.45, 2.75) is 63.7 Å². The first-order chi connectivity index (χ1) is 11.0. The maximum absolute atomic E-state index is 11.4. The normalized spacial score (nSPS) is 39.0. The molecule has 0 aliphatic carbocycles. The monoisotopic (exact) mass is 322 g/mol. The van der Waals surface area contributed by atoms with Gasteiger partial charge in [0.1, 0.15) is 0 Å². The van der Waals surface area contributed by atoms with Crippen LogP contribution in [0.15, 0.2) is 0 Å². The lowest BCUT2D eigenvalue weighted by atomic mass is 10.2. The van der Waals surface area contributed by atoms with E-state index in [0.29, 0.717) is 18.6 Å². The SMILES string of the molecule is C[C@H]1CC[C@H]2CN(C)C(=O)CN21.C[C@H]1CC[C@H]2CN(C)CCN21. The summed E-state index contributed by atoms with van der Waals surface area (Å²) in [6.07, 6.45) is 5.36. The van der Waals surface area contributed by atoms with Crippen molar-refractivity contribution in [2.24, 2.45) is 0 Å². The van der Waals surface area contributed by atoms with Crippen LogP contribution in [0.25, 0.3) is 0 Å². The molecule has 4 atom stereocenters. The highest BCUT2D eigenvalue weighted by Gasteiger charge is 2.37. The van der Waals surface area contributed by atoms with Gasteiger partial charge in [0.2, 0.25) is 5.91 Å². The quantitative estimate of drug-likeness (QED) is 0.668. The second-order valence-corrected chi connectivity index (χ2v) is 8.11. The molecule has 5 heteroatoms. The zero-order valence-electron chi connectivity index (χ0n) is 15.4. The number of rotatable bonds is 0. The number of hydrogen-bond acceptors (Lipinski definition) is 4. The van der Waals surface area contributed by atoms with E-state index in [9.17, 15) is 4.79 Å². The molecule has 4 saturated heterocycles. The standard InChI is InChI=1S/C9H16N2O.C9H18N2/c1-7-3-4-8-5-10(2)9(12)6-11(7)8;1-8-3-4-9-7-10(2)5-6-11(8)9/h7-8H,3-6H2,1-2H3;8-9H,3-7H2,1-2H3/t7-,8-;8-,9-/m00/s1. The second-order valence-electron chi connectivity index (χ2n) is 8.11. The smallest absolute Gasteiger partial charge is 0.236 e. The minimum atomic E-state index is 0.278. The summed E-state index contributed by atoms with van der Waals surface area (Å²) in [7, 11) is 4.14. The molecule has 0 N–H and O–H groups in total. The largest absolute Gasteiger partial charge is 0.343 e. The number of nitrogens with zero attached hydrogens (tertiary/aromatic N) is 4. The topological polar surface area (TPSA) is 30.0 Å². The van der Waals surface area contributed by atoms with Crippen LogP contribution in [0, 0.1) is 0 Å². The Hall–Kier alpha value is -0.650. The summed E-state index contributed by atoms with van der Waals surface area (Å²) in [6, 6.07) is 2.99. The molecule has 132 valence electrons. The third-order valence-corrected chi connectivity index (χ3v) is 6.40. The van der Waals surface area contributed by atoms with Crippen LogP contribution in [0.1, 0.15) is 39.5 Å². The average Bonchev–Trinajstić information content (AvgIpc) is 3.05. The summed E-state index contributed by atoms with van der Waals surface area (Å²) in [4.78, 5) is 20.7. The van der Waals surface area contributed by atoms with Crippen LogP contribution in [-0.2, 0) is 4.79 Å². The third kappa shape index (κ3) is 3.72. The minimum absolute atomic E-state index is 0.278. The Kier molecular flexibility index (Phi) is 5.29. The Morgan fingerprint density at radius 1 is 0.826 bits per heavy atom. The Bertz CT molecular complexity index is 429. The van der Waals surface area contributed by atoms with E-state index in [4.69, 9.17) is 0 Å². The maximum Gasteiger partial charge on any atom is 0.236 e. The van der Waals surface area contributed by atoms with Crippen molar-refractivity contribution in [1.29, 1.82) is 0 Å². The first-order valence-electron chi connectivity index (χ1n) is 9.39. The van der Waals surface area contributed by atoms with E-state index in [2.05, 4.69) is 35.6 Å². The fourth-order valence-electron chi connectivity index (χ4n) is 4.76. The molecule has 0 spiro atoms. The van der Waals surface area contributed by atoms with Crippen molar-refractivity contribution in [1.82, 2.24) is 19.6 Å². The van der Waals surface area contributed by atoms with Gasteiger partial charge in [-0.15, -0.1) is 0 Å². The van der Waals surface area contributed by atoms with Gasteiger partial charge < -0.3 is 9.80 Å². The van der Waals surface area contributed by atoms with Crippen LogP contribution in [0.4, 0.5) is 0 Å². The van der Waals surface area contributed by atoms with Crippen LogP contribution < -0.4 is 0 Å². The van der Waals surface area contributed by atoms with E-state index in [-0.39, 0.29) is 5.91 Å². The van der Waals surface area contributed by atoms with E-state index >= 15 is 0 Å². The van der Waals surface area contributed by atoms with E-state index in [1.54, 1.807) is 0 Å². The molecule has 4 aliphatic heterocycles. The lowest BCUT2D eigenvalue weighted by molar-refractivity contribution is -0.136. The van der Waals surface area contributed by atoms with Crippen molar-refractivity contribution in [2.75, 3.05) is 46.8 Å². The fourth-order valence-corrected chi connectivity index (χ4v) is 4.76. The third-order valence-electron chi connectivity index (χ3n) is 6.40. The maximum atomic E-state index is 11.4. The highest BCUT2D eigenvalue weighted by Crippen LogP contribution is 2.27. The first-order valence-corrected chi connectivity index (χ1v) is 9.39. The molecule has 4 heterocycles. The number of hydrogen-bond donors (Lipinski definition) is 0. The Labute approximate surface area is 141 Å². The van der Waals surface area contributed by atoms with E-state index < -0.39 is 0 Å². The first kappa shape index (κ1) is 17.2. The van der Waals surface area contributed by atoms with E-state index in [1.165, 1.54) is 45.3 Å². The number of carbonyl (C=O) groups excluding carboxylic acids is 1. The van der Waals surface area contributed by atoms with Gasteiger partial charge in [-0.2, -0.15) is 0 Å². The summed E-state index contributed by atoms with van der Waals surface area (Å²) in [5.41, 5.74) is 0. The Balaban J connectivity index is 0.000000136. The molecule has 23 heavy (non-hydrogen) atoms. The van der Waals surface area contributed by atoms with Gasteiger partial charge >= 0.3 is 0 Å². The Morgan fingerprint density at radius 3 is 2.13 bits per heavy atom. The molecule has 0 aromatic carbocycles. The Morgan fingerprint density at radius 2 is 1.43 bits per heavy atom. The molecule has 4 aliphatic rings. The van der Waals surface area contributed by atoms with Crippen LogP contribution in [0.2, 0.25) is 0 Å². The van der Waals surface area contributed by atoms with Crippen LogP contribution >= 0.6 is 0 Å². The lowest BCUT2D eigenvalue weighted by Crippen LogP contribution is -2.53. The fraction of sp³-hybridized carbons (Fsp3) is 0.944. The van der Waals surface area contributed by atoms with Crippen molar-refractivity contribution < 1.29 is 4.79 Å². The van der Waals surface area contributed by atoms with Gasteiger partial charge in [-0.3, -0.25) is 14.6 Å². The van der Waals surface area contributed by atoms with Crippen LogP contribution in [0.5, 0.6) is 0 Å². The van der Waals surface area contributed by atoms with Crippen LogP contribution in [0.3, 0.4) is 0 Å². The van der Waals surface area contributed by atoms with Gasteiger partial charge in [0, 0.05) is 57.4 Å². The molecule has 4 rings (SSSR count). The van der Waals surface area contributed by atoms with Gasteiger partial charge in [0.15, 0.2) is 0 Å². The molecular formula is C18H34N4O. The highest BCUT2D eigenvalue weighted by atomic mass is 16.2. The molecule has 0 unspecified atom stereocenters. The summed E-state index contributed by atoms with van der Waals surface area (Å²) in [6.45, 7) is 10.0. The average molecular weight is 322 g/mol. The van der Waals surface area contributed by atoms with Crippen molar-refractivity contribution in [3.63, 3.8) is 0 Å². The summed E-state index contributed by atoms with van der Waals surface area (Å²) in [5.74, 6) is 0.278. The highest BCUT2D eigenvalue weighted by molar-refractivity contribution is 5.79. The summed E-state index contributed by atoms with van der Waals surface area (Å²) in [5, 5.41) is 0. The summed E-state index contributed by atoms with van der Waals surface area (Å²) >= 11 is 0. The van der Waals surface area contributed by atoms with Gasteiger partial charge in [-0.1, -0.05) is 0 Å². The van der Waals surface area contributed by atoms with Crippen LogP contribution in [-0.4, -0.2) is 96.5 Å². The molecule has 0 saturated carbocycles. The molecule has 0 aromatic heterocycles. The molecule has 0 aromatic rings. The predicted octanol–water partition coefficient (Wildman–Crippen LogP) is 1.10.